The zero-order valence-corrected chi connectivity index (χ0v) is 16.9. The summed E-state index contributed by atoms with van der Waals surface area (Å²) in [7, 11) is -0.413. The Balaban J connectivity index is 1.82. The highest BCUT2D eigenvalue weighted by Crippen LogP contribution is 2.38. The van der Waals surface area contributed by atoms with Crippen LogP contribution in [0.25, 0.3) is 5.69 Å². The Morgan fingerprint density at radius 3 is 2.26 bits per heavy atom. The minimum Gasteiger partial charge on any atom is -0.399 e. The predicted molar refractivity (Wildman–Crippen MR) is 107 cm³/mol. The van der Waals surface area contributed by atoms with Crippen LogP contribution in [-0.2, 0) is 14.0 Å². The molecule has 144 valence electrons. The van der Waals surface area contributed by atoms with Crippen LogP contribution in [0.5, 0.6) is 0 Å². The van der Waals surface area contributed by atoms with Crippen molar-refractivity contribution in [2.45, 2.75) is 45.8 Å². The van der Waals surface area contributed by atoms with E-state index in [1.54, 1.807) is 0 Å². The molecule has 0 aliphatic carbocycles. The lowest BCUT2D eigenvalue weighted by molar-refractivity contribution is 0.00578. The fourth-order valence-electron chi connectivity index (χ4n) is 3.57. The zero-order chi connectivity index (χ0) is 19.2. The second-order valence-electron chi connectivity index (χ2n) is 8.30. The Hall–Kier alpha value is -1.83. The molecule has 2 aliphatic heterocycles. The number of hydrogen-bond acceptors (Lipinski definition) is 5. The second-order valence-corrected chi connectivity index (χ2v) is 8.30. The number of rotatable bonds is 3. The van der Waals surface area contributed by atoms with Gasteiger partial charge in [-0.05, 0) is 46.8 Å². The number of anilines is 1. The summed E-state index contributed by atoms with van der Waals surface area (Å²) in [5, 5.41) is 4.64. The van der Waals surface area contributed by atoms with E-state index in [9.17, 15) is 0 Å². The first-order chi connectivity index (χ1) is 12.8. The molecule has 2 saturated heterocycles. The van der Waals surface area contributed by atoms with Gasteiger partial charge in [0, 0.05) is 24.7 Å². The molecule has 0 unspecified atom stereocenters. The minimum atomic E-state index is -0.413. The van der Waals surface area contributed by atoms with E-state index < -0.39 is 7.12 Å². The van der Waals surface area contributed by atoms with E-state index in [1.807, 2.05) is 23.9 Å². The van der Waals surface area contributed by atoms with Crippen molar-refractivity contribution in [2.75, 3.05) is 31.2 Å². The molecule has 0 bridgehead atoms. The molecule has 0 radical (unpaired) electrons. The van der Waals surface area contributed by atoms with Crippen LogP contribution in [0.2, 0.25) is 0 Å². The molecule has 0 saturated carbocycles. The Morgan fingerprint density at radius 2 is 1.67 bits per heavy atom. The summed E-state index contributed by atoms with van der Waals surface area (Å²) in [6.45, 7) is 13.5. The van der Waals surface area contributed by atoms with Crippen LogP contribution < -0.4 is 10.4 Å². The molecule has 0 atom stereocenters. The molecule has 0 N–H and O–H groups in total. The number of benzene rings is 1. The van der Waals surface area contributed by atoms with Crippen LogP contribution in [0.4, 0.5) is 5.69 Å². The monoisotopic (exact) mass is 369 g/mol. The standard InChI is InChI=1S/C20H28BN3O3/c1-15-9-10-24(22-15)17-8-6-7-16(18(17)23-11-13-25-14-12-23)21-26-19(2,3)20(4,5)27-21/h6-10H,11-14H2,1-5H3. The smallest absolute Gasteiger partial charge is 0.399 e. The van der Waals surface area contributed by atoms with Gasteiger partial charge in [-0.15, -0.1) is 0 Å². The summed E-state index contributed by atoms with van der Waals surface area (Å²) >= 11 is 0. The van der Waals surface area contributed by atoms with Gasteiger partial charge in [0.2, 0.25) is 0 Å². The number of ether oxygens (including phenoxy) is 1. The topological polar surface area (TPSA) is 48.8 Å². The quantitative estimate of drug-likeness (QED) is 0.778. The van der Waals surface area contributed by atoms with Crippen LogP contribution in [0.3, 0.4) is 0 Å². The van der Waals surface area contributed by atoms with Gasteiger partial charge in [-0.2, -0.15) is 5.10 Å². The molecule has 27 heavy (non-hydrogen) atoms. The maximum atomic E-state index is 6.37. The van der Waals surface area contributed by atoms with E-state index in [0.717, 1.165) is 48.8 Å². The van der Waals surface area contributed by atoms with Crippen LogP contribution >= 0.6 is 0 Å². The highest BCUT2D eigenvalue weighted by Gasteiger charge is 2.52. The Bertz CT molecular complexity index is 812. The van der Waals surface area contributed by atoms with Gasteiger partial charge in [-0.1, -0.05) is 12.1 Å². The lowest BCUT2D eigenvalue weighted by Gasteiger charge is -2.32. The molecule has 1 aromatic heterocycles. The molecular formula is C20H28BN3O3. The SMILES string of the molecule is Cc1ccn(-c2cccc(B3OC(C)(C)C(C)(C)O3)c2N2CCOCC2)n1. The van der Waals surface area contributed by atoms with Crippen molar-refractivity contribution in [3.63, 3.8) is 0 Å². The van der Waals surface area contributed by atoms with Gasteiger partial charge < -0.3 is 18.9 Å². The zero-order valence-electron chi connectivity index (χ0n) is 16.9. The number of nitrogens with zero attached hydrogens (tertiary/aromatic N) is 3. The summed E-state index contributed by atoms with van der Waals surface area (Å²) in [4.78, 5) is 2.36. The molecular weight excluding hydrogens is 341 g/mol. The van der Waals surface area contributed by atoms with Crippen molar-refractivity contribution in [1.82, 2.24) is 9.78 Å². The highest BCUT2D eigenvalue weighted by molar-refractivity contribution is 6.64. The normalized spacial score (nSPS) is 21.7. The van der Waals surface area contributed by atoms with E-state index in [2.05, 4.69) is 55.9 Å². The van der Waals surface area contributed by atoms with Crippen molar-refractivity contribution < 1.29 is 14.0 Å². The Morgan fingerprint density at radius 1 is 1.00 bits per heavy atom. The molecule has 7 heteroatoms. The van der Waals surface area contributed by atoms with Crippen molar-refractivity contribution >= 4 is 18.3 Å². The second kappa shape index (κ2) is 6.65. The third kappa shape index (κ3) is 3.28. The van der Waals surface area contributed by atoms with Gasteiger partial charge in [-0.25, -0.2) is 4.68 Å². The molecule has 2 aliphatic rings. The maximum absolute atomic E-state index is 6.37. The summed E-state index contributed by atoms with van der Waals surface area (Å²) < 4.78 is 20.3. The van der Waals surface area contributed by atoms with Gasteiger partial charge in [0.05, 0.1) is 41.5 Å². The number of para-hydroxylation sites is 1. The third-order valence-electron chi connectivity index (χ3n) is 5.85. The molecule has 2 fully saturated rings. The van der Waals surface area contributed by atoms with E-state index in [-0.39, 0.29) is 11.2 Å². The summed E-state index contributed by atoms with van der Waals surface area (Å²) in [5.74, 6) is 0. The van der Waals surface area contributed by atoms with Crippen LogP contribution in [0, 0.1) is 6.92 Å². The minimum absolute atomic E-state index is 0.377. The molecule has 0 spiro atoms. The first-order valence-electron chi connectivity index (χ1n) is 9.62. The molecule has 4 rings (SSSR count). The van der Waals surface area contributed by atoms with Gasteiger partial charge in [0.1, 0.15) is 0 Å². The molecule has 3 heterocycles. The average Bonchev–Trinajstić information content (AvgIpc) is 3.15. The van der Waals surface area contributed by atoms with Gasteiger partial charge >= 0.3 is 7.12 Å². The molecule has 0 amide bonds. The number of aryl methyl sites for hydroxylation is 1. The summed E-state index contributed by atoms with van der Waals surface area (Å²) in [6.07, 6.45) is 2.00. The average molecular weight is 369 g/mol. The van der Waals surface area contributed by atoms with E-state index >= 15 is 0 Å². The fourth-order valence-corrected chi connectivity index (χ4v) is 3.57. The van der Waals surface area contributed by atoms with E-state index in [1.165, 1.54) is 0 Å². The molecule has 1 aromatic carbocycles. The third-order valence-corrected chi connectivity index (χ3v) is 5.85. The predicted octanol–water partition coefficient (Wildman–Crippen LogP) is 2.32. The van der Waals surface area contributed by atoms with E-state index in [4.69, 9.17) is 14.0 Å². The Labute approximate surface area is 161 Å². The lowest BCUT2D eigenvalue weighted by Crippen LogP contribution is -2.44. The maximum Gasteiger partial charge on any atom is 0.497 e. The van der Waals surface area contributed by atoms with Crippen LogP contribution in [-0.4, -0.2) is 54.4 Å². The van der Waals surface area contributed by atoms with Crippen molar-refractivity contribution in [2.24, 2.45) is 0 Å². The van der Waals surface area contributed by atoms with Crippen LogP contribution in [0.1, 0.15) is 33.4 Å². The largest absolute Gasteiger partial charge is 0.497 e. The van der Waals surface area contributed by atoms with Crippen molar-refractivity contribution in [3.8, 4) is 5.69 Å². The number of morpholine rings is 1. The fraction of sp³-hybridized carbons (Fsp3) is 0.550. The van der Waals surface area contributed by atoms with Gasteiger partial charge in [0.15, 0.2) is 0 Å². The number of hydrogen-bond donors (Lipinski definition) is 0. The van der Waals surface area contributed by atoms with Crippen molar-refractivity contribution in [3.05, 3.63) is 36.2 Å². The Kier molecular flexibility index (Phi) is 4.57. The van der Waals surface area contributed by atoms with Gasteiger partial charge in [0.25, 0.3) is 0 Å². The lowest BCUT2D eigenvalue weighted by atomic mass is 9.77. The van der Waals surface area contributed by atoms with Crippen LogP contribution in [0.15, 0.2) is 30.5 Å². The first kappa shape index (κ1) is 18.5. The molecule has 2 aromatic rings. The highest BCUT2D eigenvalue weighted by atomic mass is 16.7. The summed E-state index contributed by atoms with van der Waals surface area (Å²) in [6, 6.07) is 8.28. The van der Waals surface area contributed by atoms with Gasteiger partial charge in [-0.3, -0.25) is 0 Å². The van der Waals surface area contributed by atoms with E-state index in [0.29, 0.717) is 0 Å². The molecule has 6 nitrogen and oxygen atoms in total. The first-order valence-corrected chi connectivity index (χ1v) is 9.62. The summed E-state index contributed by atoms with van der Waals surface area (Å²) in [5.41, 5.74) is 3.43. The van der Waals surface area contributed by atoms with Crippen molar-refractivity contribution in [1.29, 1.82) is 0 Å². The number of aromatic nitrogens is 2.